The predicted molar refractivity (Wildman–Crippen MR) is 85.9 cm³/mol. The number of ketones is 1. The van der Waals surface area contributed by atoms with E-state index in [4.69, 9.17) is 0 Å². The quantitative estimate of drug-likeness (QED) is 0.567. The van der Waals surface area contributed by atoms with Gasteiger partial charge in [-0.2, -0.15) is 0 Å². The van der Waals surface area contributed by atoms with Gasteiger partial charge in [0.15, 0.2) is 5.78 Å². The Bertz CT molecular complexity index is 542. The average Bonchev–Trinajstić information content (AvgIpc) is 2.82. The summed E-state index contributed by atoms with van der Waals surface area (Å²) in [5, 5.41) is 0. The molecule has 0 amide bonds. The molecule has 0 aromatic carbocycles. The molecule has 4 aliphatic carbocycles. The van der Waals surface area contributed by atoms with Gasteiger partial charge in [-0.05, 0) is 85.2 Å². The molecule has 5 atom stereocenters. The molecule has 4 rings (SSSR count). The van der Waals surface area contributed by atoms with Crippen LogP contribution in [0.1, 0.15) is 65.2 Å². The van der Waals surface area contributed by atoms with Crippen molar-refractivity contribution in [2.45, 2.75) is 65.2 Å². The number of allylic oxidation sites excluding steroid dienone is 2. The number of rotatable bonds is 0. The fourth-order valence-corrected chi connectivity index (χ4v) is 6.59. The summed E-state index contributed by atoms with van der Waals surface area (Å²) in [5.74, 6) is 2.83. The highest BCUT2D eigenvalue weighted by Gasteiger charge is 2.56. The van der Waals surface area contributed by atoms with Gasteiger partial charge in [0.2, 0.25) is 0 Å². The van der Waals surface area contributed by atoms with Crippen molar-refractivity contribution in [3.8, 4) is 0 Å². The van der Waals surface area contributed by atoms with Crippen molar-refractivity contribution in [3.05, 3.63) is 23.8 Å². The maximum absolute atomic E-state index is 12.0. The lowest BCUT2D eigenvalue weighted by Gasteiger charge is -2.57. The highest BCUT2D eigenvalue weighted by Crippen LogP contribution is 2.65. The van der Waals surface area contributed by atoms with Crippen LogP contribution in [0.2, 0.25) is 0 Å². The first-order chi connectivity index (χ1) is 9.94. The first-order valence-electron chi connectivity index (χ1n) is 8.87. The Labute approximate surface area is 128 Å². The van der Waals surface area contributed by atoms with Crippen LogP contribution in [0.25, 0.3) is 0 Å². The molecule has 0 aromatic rings. The van der Waals surface area contributed by atoms with Crippen LogP contribution in [-0.2, 0) is 4.79 Å². The highest BCUT2D eigenvalue weighted by molar-refractivity contribution is 6.05. The van der Waals surface area contributed by atoms with Crippen molar-refractivity contribution >= 4 is 5.78 Å². The Morgan fingerprint density at radius 3 is 2.76 bits per heavy atom. The second kappa shape index (κ2) is 4.33. The molecule has 4 aliphatic rings. The molecule has 0 spiro atoms. The maximum Gasteiger partial charge on any atom is 0.181 e. The minimum absolute atomic E-state index is 0.197. The summed E-state index contributed by atoms with van der Waals surface area (Å²) in [5.41, 5.74) is 3.15. The summed E-state index contributed by atoms with van der Waals surface area (Å²) < 4.78 is 0. The van der Waals surface area contributed by atoms with Gasteiger partial charge in [-0.3, -0.25) is 4.79 Å². The lowest BCUT2D eigenvalue weighted by molar-refractivity contribution is -0.113. The fourth-order valence-electron chi connectivity index (χ4n) is 6.59. The van der Waals surface area contributed by atoms with Crippen molar-refractivity contribution < 1.29 is 4.79 Å². The van der Waals surface area contributed by atoms with Crippen LogP contribution >= 0.6 is 0 Å². The van der Waals surface area contributed by atoms with Gasteiger partial charge in [-0.1, -0.05) is 32.4 Å². The molecule has 0 saturated heterocycles. The van der Waals surface area contributed by atoms with Crippen molar-refractivity contribution in [1.29, 1.82) is 0 Å². The zero-order chi connectivity index (χ0) is 14.8. The van der Waals surface area contributed by atoms with Crippen molar-refractivity contribution in [2.24, 2.45) is 28.6 Å². The summed E-state index contributed by atoms with van der Waals surface area (Å²) in [7, 11) is 0. The molecule has 114 valence electrons. The van der Waals surface area contributed by atoms with E-state index < -0.39 is 0 Å². The number of fused-ring (bicyclic) bond motifs is 5. The summed E-state index contributed by atoms with van der Waals surface area (Å²) in [6.45, 7) is 9.04. The monoisotopic (exact) mass is 284 g/mol. The minimum atomic E-state index is 0.197. The van der Waals surface area contributed by atoms with Gasteiger partial charge in [-0.25, -0.2) is 0 Å². The number of hydrogen-bond donors (Lipinski definition) is 0. The third kappa shape index (κ3) is 1.79. The molecule has 21 heavy (non-hydrogen) atoms. The SMILES string of the molecule is C=C1C[C@@]2(C)C(=CC1=O)CC[C@@H]1[C@H]2CC[C@]2(C)CCC[C@@H]12. The van der Waals surface area contributed by atoms with Crippen LogP contribution in [-0.4, -0.2) is 5.78 Å². The molecule has 0 N–H and O–H groups in total. The van der Waals surface area contributed by atoms with Crippen molar-refractivity contribution in [2.75, 3.05) is 0 Å². The third-order valence-electron chi connectivity index (χ3n) is 7.75. The van der Waals surface area contributed by atoms with E-state index >= 15 is 0 Å². The molecule has 3 fully saturated rings. The van der Waals surface area contributed by atoms with Gasteiger partial charge in [0.05, 0.1) is 0 Å². The average molecular weight is 284 g/mol. The van der Waals surface area contributed by atoms with Crippen molar-refractivity contribution in [3.63, 3.8) is 0 Å². The zero-order valence-corrected chi connectivity index (χ0v) is 13.6. The summed E-state index contributed by atoms with van der Waals surface area (Å²) in [6.07, 6.45) is 12.5. The molecular formula is C20H28O. The normalized spacial score (nSPS) is 49.2. The Hall–Kier alpha value is -0.850. The summed E-state index contributed by atoms with van der Waals surface area (Å²) in [4.78, 5) is 12.0. The first kappa shape index (κ1) is 13.8. The molecule has 0 aliphatic heterocycles. The van der Waals surface area contributed by atoms with Crippen LogP contribution in [0, 0.1) is 28.6 Å². The lowest BCUT2D eigenvalue weighted by Crippen LogP contribution is -2.49. The van der Waals surface area contributed by atoms with Gasteiger partial charge >= 0.3 is 0 Å². The van der Waals surface area contributed by atoms with E-state index in [9.17, 15) is 4.79 Å². The second-order valence-electron chi connectivity index (χ2n) is 8.73. The van der Waals surface area contributed by atoms with Crippen LogP contribution in [0.4, 0.5) is 0 Å². The van der Waals surface area contributed by atoms with E-state index in [2.05, 4.69) is 20.4 Å². The van der Waals surface area contributed by atoms with Crippen LogP contribution in [0.5, 0.6) is 0 Å². The minimum Gasteiger partial charge on any atom is -0.290 e. The highest BCUT2D eigenvalue weighted by atomic mass is 16.1. The van der Waals surface area contributed by atoms with Gasteiger partial charge in [0.1, 0.15) is 0 Å². The van der Waals surface area contributed by atoms with Gasteiger partial charge in [0.25, 0.3) is 0 Å². The second-order valence-corrected chi connectivity index (χ2v) is 8.73. The smallest absolute Gasteiger partial charge is 0.181 e. The largest absolute Gasteiger partial charge is 0.290 e. The van der Waals surface area contributed by atoms with Gasteiger partial charge < -0.3 is 0 Å². The van der Waals surface area contributed by atoms with E-state index in [-0.39, 0.29) is 11.2 Å². The Balaban J connectivity index is 1.72. The number of carbonyl (C=O) groups excluding carboxylic acids is 1. The molecular weight excluding hydrogens is 256 g/mol. The van der Waals surface area contributed by atoms with Crippen molar-refractivity contribution in [1.82, 2.24) is 0 Å². The molecule has 0 aromatic heterocycles. The molecule has 1 nitrogen and oxygen atoms in total. The van der Waals surface area contributed by atoms with Gasteiger partial charge in [-0.15, -0.1) is 0 Å². The van der Waals surface area contributed by atoms with E-state index in [1.807, 2.05) is 6.08 Å². The van der Waals surface area contributed by atoms with E-state index in [0.717, 1.165) is 36.2 Å². The first-order valence-corrected chi connectivity index (χ1v) is 8.87. The zero-order valence-electron chi connectivity index (χ0n) is 13.6. The topological polar surface area (TPSA) is 17.1 Å². The van der Waals surface area contributed by atoms with E-state index in [1.54, 1.807) is 0 Å². The number of hydrogen-bond acceptors (Lipinski definition) is 1. The van der Waals surface area contributed by atoms with Crippen LogP contribution in [0.3, 0.4) is 0 Å². The molecule has 0 unspecified atom stereocenters. The van der Waals surface area contributed by atoms with Crippen LogP contribution < -0.4 is 0 Å². The van der Waals surface area contributed by atoms with E-state index in [1.165, 1.54) is 44.1 Å². The Morgan fingerprint density at radius 2 is 1.95 bits per heavy atom. The summed E-state index contributed by atoms with van der Waals surface area (Å²) >= 11 is 0. The molecule has 0 heterocycles. The fraction of sp³-hybridized carbons (Fsp3) is 0.750. The van der Waals surface area contributed by atoms with Gasteiger partial charge in [0, 0.05) is 0 Å². The maximum atomic E-state index is 12.0. The predicted octanol–water partition coefficient (Wildman–Crippen LogP) is 5.07. The number of carbonyl (C=O) groups is 1. The lowest BCUT2D eigenvalue weighted by atomic mass is 9.47. The Kier molecular flexibility index (Phi) is 2.85. The molecule has 0 radical (unpaired) electrons. The standard InChI is InChI=1S/C20H28O/c1-13-12-20(3)14(11-18(13)21)6-7-15-16-5-4-9-19(16,2)10-8-17(15)20/h11,15-17H,1,4-10,12H2,2-3H3/t15-,16-,17+,19-,20-/m0/s1. The van der Waals surface area contributed by atoms with E-state index in [0.29, 0.717) is 5.41 Å². The van der Waals surface area contributed by atoms with Crippen LogP contribution in [0.15, 0.2) is 23.8 Å². The Morgan fingerprint density at radius 1 is 1.14 bits per heavy atom. The summed E-state index contributed by atoms with van der Waals surface area (Å²) in [6, 6.07) is 0. The molecule has 1 heteroatoms. The molecule has 3 saturated carbocycles. The third-order valence-corrected chi connectivity index (χ3v) is 7.75. The molecule has 0 bridgehead atoms.